The summed E-state index contributed by atoms with van der Waals surface area (Å²) in [5.74, 6) is 0.835. The molecule has 0 fully saturated rings. The summed E-state index contributed by atoms with van der Waals surface area (Å²) in [7, 11) is 1.65. The summed E-state index contributed by atoms with van der Waals surface area (Å²) in [4.78, 5) is 12.2. The van der Waals surface area contributed by atoms with E-state index in [0.717, 1.165) is 33.7 Å². The highest BCUT2D eigenvalue weighted by atomic mass is 16.5. The quantitative estimate of drug-likeness (QED) is 0.926. The van der Waals surface area contributed by atoms with E-state index in [0.29, 0.717) is 6.42 Å². The number of carbonyl (C=O) groups is 1. The Balaban J connectivity index is 2.08. The van der Waals surface area contributed by atoms with Gasteiger partial charge in [-0.2, -0.15) is 0 Å². The molecule has 0 unspecified atom stereocenters. The van der Waals surface area contributed by atoms with Gasteiger partial charge in [0.25, 0.3) is 0 Å². The van der Waals surface area contributed by atoms with Crippen molar-refractivity contribution in [3.8, 4) is 5.75 Å². The number of aryl methyl sites for hydroxylation is 3. The minimum atomic E-state index is -0.00623. The third kappa shape index (κ3) is 3.85. The number of benzene rings is 2. The van der Waals surface area contributed by atoms with Gasteiger partial charge in [0.05, 0.1) is 13.5 Å². The van der Waals surface area contributed by atoms with Crippen LogP contribution in [0.2, 0.25) is 0 Å². The van der Waals surface area contributed by atoms with Gasteiger partial charge in [0.15, 0.2) is 0 Å². The lowest BCUT2D eigenvalue weighted by Gasteiger charge is -2.10. The van der Waals surface area contributed by atoms with E-state index in [-0.39, 0.29) is 5.91 Å². The maximum atomic E-state index is 12.2. The van der Waals surface area contributed by atoms with E-state index in [4.69, 9.17) is 4.74 Å². The van der Waals surface area contributed by atoms with E-state index in [1.54, 1.807) is 7.11 Å². The molecule has 0 heterocycles. The van der Waals surface area contributed by atoms with Crippen molar-refractivity contribution in [2.75, 3.05) is 12.4 Å². The molecule has 3 heteroatoms. The molecule has 0 radical (unpaired) electrons. The van der Waals surface area contributed by atoms with Crippen molar-refractivity contribution in [1.82, 2.24) is 0 Å². The van der Waals surface area contributed by atoms with Gasteiger partial charge in [0.1, 0.15) is 5.75 Å². The third-order valence-corrected chi connectivity index (χ3v) is 3.49. The molecule has 0 spiro atoms. The molecule has 2 rings (SSSR count). The Bertz CT molecular complexity index is 662. The minimum Gasteiger partial charge on any atom is -0.496 e. The number of nitrogens with one attached hydrogen (secondary N) is 1. The van der Waals surface area contributed by atoms with Crippen LogP contribution < -0.4 is 10.1 Å². The Morgan fingerprint density at radius 3 is 2.48 bits per heavy atom. The van der Waals surface area contributed by atoms with Crippen molar-refractivity contribution >= 4 is 11.6 Å². The van der Waals surface area contributed by atoms with Crippen LogP contribution in [0.1, 0.15) is 22.3 Å². The van der Waals surface area contributed by atoms with Crippen LogP contribution in [0, 0.1) is 20.8 Å². The van der Waals surface area contributed by atoms with E-state index in [9.17, 15) is 4.79 Å². The van der Waals surface area contributed by atoms with Gasteiger partial charge in [-0.25, -0.2) is 0 Å². The molecule has 0 saturated carbocycles. The predicted octanol–water partition coefficient (Wildman–Crippen LogP) is 3.80. The largest absolute Gasteiger partial charge is 0.496 e. The van der Waals surface area contributed by atoms with Crippen molar-refractivity contribution in [3.05, 3.63) is 58.7 Å². The van der Waals surface area contributed by atoms with Gasteiger partial charge in [-0.3, -0.25) is 4.79 Å². The van der Waals surface area contributed by atoms with Gasteiger partial charge in [0, 0.05) is 5.69 Å². The topological polar surface area (TPSA) is 38.3 Å². The summed E-state index contributed by atoms with van der Waals surface area (Å²) in [5, 5.41) is 2.98. The molecule has 0 aromatic heterocycles. The molecule has 21 heavy (non-hydrogen) atoms. The maximum absolute atomic E-state index is 12.2. The summed E-state index contributed by atoms with van der Waals surface area (Å²) in [6.07, 6.45) is 0.359. The van der Waals surface area contributed by atoms with Gasteiger partial charge >= 0.3 is 0 Å². The highest BCUT2D eigenvalue weighted by Gasteiger charge is 2.08. The van der Waals surface area contributed by atoms with Gasteiger partial charge in [-0.05, 0) is 55.2 Å². The molecule has 110 valence electrons. The van der Waals surface area contributed by atoms with Crippen LogP contribution in [0.3, 0.4) is 0 Å². The van der Waals surface area contributed by atoms with E-state index in [2.05, 4.69) is 5.32 Å². The van der Waals surface area contributed by atoms with E-state index in [1.807, 2.05) is 57.2 Å². The summed E-state index contributed by atoms with van der Waals surface area (Å²) >= 11 is 0. The number of carbonyl (C=O) groups excluding carboxylic acids is 1. The molecule has 1 amide bonds. The predicted molar refractivity (Wildman–Crippen MR) is 86.0 cm³/mol. The molecule has 3 nitrogen and oxygen atoms in total. The van der Waals surface area contributed by atoms with Crippen molar-refractivity contribution in [1.29, 1.82) is 0 Å². The summed E-state index contributed by atoms with van der Waals surface area (Å²) < 4.78 is 5.23. The Morgan fingerprint density at radius 1 is 1.05 bits per heavy atom. The first-order valence-electron chi connectivity index (χ1n) is 7.00. The second-order valence-corrected chi connectivity index (χ2v) is 5.35. The van der Waals surface area contributed by atoms with Crippen LogP contribution in [0.5, 0.6) is 5.75 Å². The average molecular weight is 283 g/mol. The van der Waals surface area contributed by atoms with E-state index in [1.165, 1.54) is 0 Å². The SMILES string of the molecule is COc1ccc(CC(=O)Nc2cc(C)ccc2C)cc1C. The molecule has 0 aliphatic rings. The molecule has 2 aromatic rings. The summed E-state index contributed by atoms with van der Waals surface area (Å²) in [6, 6.07) is 11.9. The molecule has 0 atom stereocenters. The van der Waals surface area contributed by atoms with Gasteiger partial charge in [-0.1, -0.05) is 24.3 Å². The zero-order valence-corrected chi connectivity index (χ0v) is 13.0. The number of anilines is 1. The fourth-order valence-corrected chi connectivity index (χ4v) is 2.30. The minimum absolute atomic E-state index is 0.00623. The number of amides is 1. The summed E-state index contributed by atoms with van der Waals surface area (Å²) in [5.41, 5.74) is 5.10. The maximum Gasteiger partial charge on any atom is 0.228 e. The highest BCUT2D eigenvalue weighted by Crippen LogP contribution is 2.20. The Hall–Kier alpha value is -2.29. The average Bonchev–Trinajstić information content (AvgIpc) is 2.43. The smallest absolute Gasteiger partial charge is 0.228 e. The Labute approximate surface area is 126 Å². The first-order chi connectivity index (χ1) is 9.99. The molecule has 0 aliphatic heterocycles. The third-order valence-electron chi connectivity index (χ3n) is 3.49. The van der Waals surface area contributed by atoms with Gasteiger partial charge < -0.3 is 10.1 Å². The molecule has 0 aliphatic carbocycles. The van der Waals surface area contributed by atoms with Crippen LogP contribution in [0.4, 0.5) is 5.69 Å². The highest BCUT2D eigenvalue weighted by molar-refractivity contribution is 5.93. The number of hydrogen-bond acceptors (Lipinski definition) is 2. The van der Waals surface area contributed by atoms with Crippen molar-refractivity contribution < 1.29 is 9.53 Å². The summed E-state index contributed by atoms with van der Waals surface area (Å²) in [6.45, 7) is 5.99. The lowest BCUT2D eigenvalue weighted by molar-refractivity contribution is -0.115. The fourth-order valence-electron chi connectivity index (χ4n) is 2.30. The first kappa shape index (κ1) is 15.1. The normalized spacial score (nSPS) is 10.3. The van der Waals surface area contributed by atoms with Gasteiger partial charge in [-0.15, -0.1) is 0 Å². The molecular formula is C18H21NO2. The van der Waals surface area contributed by atoms with Gasteiger partial charge in [0.2, 0.25) is 5.91 Å². The molecule has 2 aromatic carbocycles. The Kier molecular flexibility index (Phi) is 4.63. The number of ether oxygens (including phenoxy) is 1. The van der Waals surface area contributed by atoms with Crippen molar-refractivity contribution in [3.63, 3.8) is 0 Å². The van der Waals surface area contributed by atoms with Crippen molar-refractivity contribution in [2.24, 2.45) is 0 Å². The van der Waals surface area contributed by atoms with Crippen molar-refractivity contribution in [2.45, 2.75) is 27.2 Å². The molecule has 1 N–H and O–H groups in total. The lowest BCUT2D eigenvalue weighted by atomic mass is 10.1. The van der Waals surface area contributed by atoms with Crippen LogP contribution in [-0.4, -0.2) is 13.0 Å². The first-order valence-corrected chi connectivity index (χ1v) is 7.00. The van der Waals surface area contributed by atoms with Crippen LogP contribution in [-0.2, 0) is 11.2 Å². The van der Waals surface area contributed by atoms with E-state index < -0.39 is 0 Å². The molecular weight excluding hydrogens is 262 g/mol. The second-order valence-electron chi connectivity index (χ2n) is 5.35. The fraction of sp³-hybridized carbons (Fsp3) is 0.278. The monoisotopic (exact) mass is 283 g/mol. The van der Waals surface area contributed by atoms with Crippen LogP contribution in [0.25, 0.3) is 0 Å². The lowest BCUT2D eigenvalue weighted by Crippen LogP contribution is -2.15. The standard InChI is InChI=1S/C18H21NO2/c1-12-5-6-13(2)16(9-12)19-18(20)11-15-7-8-17(21-4)14(3)10-15/h5-10H,11H2,1-4H3,(H,19,20). The number of rotatable bonds is 4. The van der Waals surface area contributed by atoms with E-state index >= 15 is 0 Å². The van der Waals surface area contributed by atoms with Crippen LogP contribution >= 0.6 is 0 Å². The number of methoxy groups -OCH3 is 1. The molecule has 0 bridgehead atoms. The zero-order chi connectivity index (χ0) is 15.4. The molecule has 0 saturated heterocycles. The number of hydrogen-bond donors (Lipinski definition) is 1. The second kappa shape index (κ2) is 6.44. The zero-order valence-electron chi connectivity index (χ0n) is 13.0. The Morgan fingerprint density at radius 2 is 1.81 bits per heavy atom. The van der Waals surface area contributed by atoms with Crippen LogP contribution in [0.15, 0.2) is 36.4 Å².